The first kappa shape index (κ1) is 24.5. The fourth-order valence-corrected chi connectivity index (χ4v) is 2.86. The van der Waals surface area contributed by atoms with Crippen LogP contribution in [0.4, 0.5) is 0 Å². The number of rotatable bonds is 4. The summed E-state index contributed by atoms with van der Waals surface area (Å²) in [7, 11) is -0.562. The summed E-state index contributed by atoms with van der Waals surface area (Å²) in [5.41, 5.74) is 6.52. The van der Waals surface area contributed by atoms with Gasteiger partial charge >= 0.3 is 13.1 Å². The van der Waals surface area contributed by atoms with E-state index in [0.717, 1.165) is 0 Å². The van der Waals surface area contributed by atoms with Gasteiger partial charge in [-0.1, -0.05) is 32.6 Å². The third-order valence-electron chi connectivity index (χ3n) is 5.05. The third-order valence-corrected chi connectivity index (χ3v) is 5.05. The lowest BCUT2D eigenvalue weighted by Crippen LogP contribution is -2.42. The highest BCUT2D eigenvalue weighted by Crippen LogP contribution is 2.39. The van der Waals surface area contributed by atoms with Crippen LogP contribution in [0.2, 0.25) is 0 Å². The van der Waals surface area contributed by atoms with Crippen molar-refractivity contribution in [3.05, 3.63) is 35.6 Å². The Morgan fingerprint density at radius 1 is 1.11 bits per heavy atom. The molecule has 0 saturated carbocycles. The summed E-state index contributed by atoms with van der Waals surface area (Å²) < 4.78 is 23.2. The summed E-state index contributed by atoms with van der Waals surface area (Å²) in [5, 5.41) is 0. The van der Waals surface area contributed by atoms with Crippen LogP contribution in [0.15, 0.2) is 35.6 Å². The van der Waals surface area contributed by atoms with E-state index in [-0.39, 0.29) is 0 Å². The molecule has 1 unspecified atom stereocenters. The molecule has 2 heterocycles. The highest BCUT2D eigenvalue weighted by molar-refractivity contribution is 6.47. The molecule has 0 spiro atoms. The molecule has 2 saturated heterocycles. The minimum Gasteiger partial charge on any atom is -0.452 e. The van der Waals surface area contributed by atoms with Gasteiger partial charge in [-0.25, -0.2) is 4.79 Å². The molecule has 28 heavy (non-hydrogen) atoms. The van der Waals surface area contributed by atoms with Crippen LogP contribution >= 0.6 is 0 Å². The second kappa shape index (κ2) is 8.85. The van der Waals surface area contributed by atoms with Gasteiger partial charge in [0.05, 0.1) is 16.8 Å². The lowest BCUT2D eigenvalue weighted by molar-refractivity contribution is -0.208. The molecule has 158 valence electrons. The Bertz CT molecular complexity index is 648. The second-order valence-corrected chi connectivity index (χ2v) is 8.14. The maximum atomic E-state index is 12.3. The topological polar surface area (TPSA) is 80.0 Å². The summed E-state index contributed by atoms with van der Waals surface area (Å²) in [5.74, 6) is -1.49. The van der Waals surface area contributed by atoms with Gasteiger partial charge in [-0.2, -0.15) is 0 Å². The quantitative estimate of drug-likeness (QED) is 0.441. The molecule has 0 radical (unpaired) electrons. The molecule has 0 aliphatic carbocycles. The van der Waals surface area contributed by atoms with Crippen molar-refractivity contribution in [2.24, 2.45) is 5.73 Å². The van der Waals surface area contributed by atoms with E-state index in [9.17, 15) is 4.79 Å². The third kappa shape index (κ3) is 5.07. The van der Waals surface area contributed by atoms with Crippen molar-refractivity contribution in [3.63, 3.8) is 0 Å². The average Bonchev–Trinajstić information content (AvgIpc) is 2.80. The van der Waals surface area contributed by atoms with E-state index < -0.39 is 36.0 Å². The molecular weight excluding hydrogens is 357 g/mol. The van der Waals surface area contributed by atoms with Gasteiger partial charge in [-0.05, 0) is 46.6 Å². The molecule has 2 aliphatic heterocycles. The van der Waals surface area contributed by atoms with Gasteiger partial charge in [0.2, 0.25) is 5.79 Å². The first-order chi connectivity index (χ1) is 12.8. The van der Waals surface area contributed by atoms with Gasteiger partial charge in [-0.15, -0.1) is 0 Å². The maximum absolute atomic E-state index is 12.3. The fourth-order valence-electron chi connectivity index (χ4n) is 2.86. The maximum Gasteiger partial charge on any atom is 0.476 e. The number of esters is 1. The summed E-state index contributed by atoms with van der Waals surface area (Å²) in [6.45, 7) is 20.9. The Balaban J connectivity index is 0.00000190. The number of hydrogen-bond donors (Lipinski definition) is 1. The zero-order valence-corrected chi connectivity index (χ0v) is 18.8. The van der Waals surface area contributed by atoms with Crippen molar-refractivity contribution in [2.45, 2.75) is 91.7 Å². The lowest BCUT2D eigenvalue weighted by atomic mass is 9.75. The zero-order chi connectivity index (χ0) is 21.9. The number of cyclic esters (lactones) is 1. The van der Waals surface area contributed by atoms with E-state index >= 15 is 0 Å². The van der Waals surface area contributed by atoms with Crippen molar-refractivity contribution < 1.29 is 23.6 Å². The first-order valence-corrected chi connectivity index (χ1v) is 9.89. The minimum absolute atomic E-state index is 0.361. The summed E-state index contributed by atoms with van der Waals surface area (Å²) in [6.07, 6.45) is 3.70. The molecule has 0 aromatic carbocycles. The van der Waals surface area contributed by atoms with Gasteiger partial charge in [0.25, 0.3) is 0 Å². The SMILES string of the molecule is C=C/C(CC(N)B1OC(C)(C)C(C)(C)O1)=C1/OC(C)(C)OC(=O)/C1=C/C.CC. The number of ether oxygens (including phenoxy) is 2. The van der Waals surface area contributed by atoms with Crippen molar-refractivity contribution >= 4 is 13.1 Å². The molecule has 1 atom stereocenters. The Kier molecular flexibility index (Phi) is 7.73. The molecule has 0 bridgehead atoms. The van der Waals surface area contributed by atoms with Gasteiger partial charge in [-0.3, -0.25) is 0 Å². The molecular formula is C21H36BNO5. The van der Waals surface area contributed by atoms with Crippen LogP contribution in [-0.4, -0.2) is 36.0 Å². The Hall–Kier alpha value is -1.57. The van der Waals surface area contributed by atoms with E-state index in [1.165, 1.54) is 0 Å². The molecule has 0 aromatic rings. The monoisotopic (exact) mass is 393 g/mol. The van der Waals surface area contributed by atoms with Crippen LogP contribution in [0, 0.1) is 0 Å². The van der Waals surface area contributed by atoms with E-state index in [1.807, 2.05) is 41.5 Å². The van der Waals surface area contributed by atoms with Crippen LogP contribution in [0.25, 0.3) is 0 Å². The van der Waals surface area contributed by atoms with Crippen molar-refractivity contribution in [1.82, 2.24) is 0 Å². The van der Waals surface area contributed by atoms with Gasteiger partial charge in [0.15, 0.2) is 0 Å². The van der Waals surface area contributed by atoms with Crippen molar-refractivity contribution in [2.75, 3.05) is 0 Å². The predicted octanol–water partition coefficient (Wildman–Crippen LogP) is 4.06. The molecule has 2 N–H and O–H groups in total. The zero-order valence-electron chi connectivity index (χ0n) is 18.8. The largest absolute Gasteiger partial charge is 0.476 e. The van der Waals surface area contributed by atoms with Gasteiger partial charge in [0, 0.05) is 19.8 Å². The van der Waals surface area contributed by atoms with Crippen LogP contribution in [0.5, 0.6) is 0 Å². The van der Waals surface area contributed by atoms with Gasteiger partial charge in [0.1, 0.15) is 5.76 Å². The van der Waals surface area contributed by atoms with E-state index in [1.54, 1.807) is 32.9 Å². The lowest BCUT2D eigenvalue weighted by Gasteiger charge is -2.34. The Labute approximate surface area is 170 Å². The standard InChI is InChI=1S/C19H30BNO5.C2H6/c1-9-12(15-13(10-2)16(22)24-19(7,8)23-15)11-14(21)20-25-17(3,4)18(5,6)26-20;1-2/h9-10,14H,1,11,21H2,2-8H3;1-2H3/b13-10+,15-12-;. The van der Waals surface area contributed by atoms with Crippen LogP contribution in [0.3, 0.4) is 0 Å². The molecule has 2 rings (SSSR count). The summed E-state index contributed by atoms with van der Waals surface area (Å²) in [6, 6.07) is 0. The Morgan fingerprint density at radius 2 is 1.61 bits per heavy atom. The van der Waals surface area contributed by atoms with Gasteiger partial charge < -0.3 is 24.5 Å². The van der Waals surface area contributed by atoms with E-state index in [4.69, 9.17) is 24.5 Å². The molecule has 6 nitrogen and oxygen atoms in total. The highest BCUT2D eigenvalue weighted by Gasteiger charge is 2.53. The number of allylic oxidation sites excluding steroid dienone is 2. The average molecular weight is 393 g/mol. The summed E-state index contributed by atoms with van der Waals surface area (Å²) in [4.78, 5) is 12.3. The molecule has 2 aliphatic rings. The first-order valence-electron chi connectivity index (χ1n) is 9.89. The normalized spacial score (nSPS) is 26.6. The molecule has 0 amide bonds. The van der Waals surface area contributed by atoms with E-state index in [2.05, 4.69) is 6.58 Å². The van der Waals surface area contributed by atoms with Crippen molar-refractivity contribution in [1.29, 1.82) is 0 Å². The van der Waals surface area contributed by atoms with Crippen LogP contribution in [0.1, 0.15) is 68.7 Å². The highest BCUT2D eigenvalue weighted by atomic mass is 16.7. The Morgan fingerprint density at radius 3 is 2.04 bits per heavy atom. The smallest absolute Gasteiger partial charge is 0.452 e. The number of carbonyl (C=O) groups is 1. The van der Waals surface area contributed by atoms with Crippen molar-refractivity contribution in [3.8, 4) is 0 Å². The van der Waals surface area contributed by atoms with Crippen LogP contribution in [-0.2, 0) is 23.6 Å². The molecule has 0 aromatic heterocycles. The number of carbonyl (C=O) groups excluding carboxylic acids is 1. The number of hydrogen-bond acceptors (Lipinski definition) is 6. The number of nitrogens with two attached hydrogens (primary N) is 1. The fraction of sp³-hybridized carbons (Fsp3) is 0.667. The van der Waals surface area contributed by atoms with E-state index in [0.29, 0.717) is 23.3 Å². The molecule has 2 fully saturated rings. The predicted molar refractivity (Wildman–Crippen MR) is 112 cm³/mol. The summed E-state index contributed by atoms with van der Waals surface area (Å²) >= 11 is 0. The second-order valence-electron chi connectivity index (χ2n) is 8.14. The molecule has 7 heteroatoms. The van der Waals surface area contributed by atoms with Crippen LogP contribution < -0.4 is 5.73 Å². The minimum atomic E-state index is -1.05.